The molecule has 2 aliphatic heterocycles. The molecule has 3 heterocycles. The van der Waals surface area contributed by atoms with E-state index in [9.17, 15) is 10.1 Å². The summed E-state index contributed by atoms with van der Waals surface area (Å²) in [5.74, 6) is 0.372. The number of aromatic nitrogens is 1. The van der Waals surface area contributed by atoms with Gasteiger partial charge in [0.25, 0.3) is 0 Å². The lowest BCUT2D eigenvalue weighted by Gasteiger charge is -2.48. The topological polar surface area (TPSA) is 60.2 Å². The second-order valence-electron chi connectivity index (χ2n) is 6.78. The number of ketones is 1. The molecule has 2 fully saturated rings. The second-order valence-corrected chi connectivity index (χ2v) is 6.78. The van der Waals surface area contributed by atoms with Crippen molar-refractivity contribution in [3.05, 3.63) is 36.0 Å². The number of fused-ring (bicyclic) bond motifs is 2. The van der Waals surface area contributed by atoms with Crippen molar-refractivity contribution in [1.29, 1.82) is 5.26 Å². The highest BCUT2D eigenvalue weighted by molar-refractivity contribution is 5.95. The van der Waals surface area contributed by atoms with Crippen molar-refractivity contribution in [3.63, 3.8) is 0 Å². The van der Waals surface area contributed by atoms with Gasteiger partial charge in [-0.2, -0.15) is 5.26 Å². The fourth-order valence-electron chi connectivity index (χ4n) is 4.14. The lowest BCUT2D eigenvalue weighted by atomic mass is 9.94. The van der Waals surface area contributed by atoms with Crippen LogP contribution in [0.25, 0.3) is 10.9 Å². The van der Waals surface area contributed by atoms with Gasteiger partial charge in [0.05, 0.1) is 11.1 Å². The molecule has 1 aromatic heterocycles. The first-order valence-electron chi connectivity index (χ1n) is 8.47. The van der Waals surface area contributed by atoms with Crippen LogP contribution in [0.2, 0.25) is 0 Å². The van der Waals surface area contributed by atoms with Crippen LogP contribution in [-0.2, 0) is 4.79 Å². The quantitative estimate of drug-likeness (QED) is 0.807. The van der Waals surface area contributed by atoms with E-state index >= 15 is 0 Å². The Morgan fingerprint density at radius 1 is 1.29 bits per heavy atom. The molecule has 0 aliphatic carbocycles. The standard InChI is InChI=1S/C19H20N4O/c1-13-11-22(12-15-9-16(24)6-8-23(13)15)18-5-4-14(10-20)19-17(18)3-2-7-21-19/h2-5,7,13,15H,6,8-9,11-12H2,1H3/t13-,15+/m1/s1. The number of pyridine rings is 1. The third-order valence-electron chi connectivity index (χ3n) is 5.27. The molecule has 2 atom stereocenters. The molecule has 2 saturated heterocycles. The van der Waals surface area contributed by atoms with Gasteiger partial charge in [-0.25, -0.2) is 0 Å². The largest absolute Gasteiger partial charge is 0.368 e. The Morgan fingerprint density at radius 3 is 3.00 bits per heavy atom. The van der Waals surface area contributed by atoms with E-state index in [4.69, 9.17) is 0 Å². The number of hydrogen-bond acceptors (Lipinski definition) is 5. The molecule has 24 heavy (non-hydrogen) atoms. The predicted octanol–water partition coefficient (Wildman–Crippen LogP) is 2.35. The Labute approximate surface area is 141 Å². The van der Waals surface area contributed by atoms with E-state index in [1.54, 1.807) is 6.20 Å². The Hall–Kier alpha value is -2.45. The number of rotatable bonds is 1. The minimum atomic E-state index is 0.289. The summed E-state index contributed by atoms with van der Waals surface area (Å²) < 4.78 is 0. The van der Waals surface area contributed by atoms with Gasteiger partial charge in [0.15, 0.2) is 0 Å². The van der Waals surface area contributed by atoms with E-state index in [-0.39, 0.29) is 6.04 Å². The smallest absolute Gasteiger partial charge is 0.135 e. The highest BCUT2D eigenvalue weighted by atomic mass is 16.1. The maximum Gasteiger partial charge on any atom is 0.135 e. The zero-order chi connectivity index (χ0) is 16.7. The van der Waals surface area contributed by atoms with Crippen LogP contribution in [0, 0.1) is 11.3 Å². The summed E-state index contributed by atoms with van der Waals surface area (Å²) in [4.78, 5) is 21.1. The lowest BCUT2D eigenvalue weighted by Crippen LogP contribution is -2.60. The zero-order valence-corrected chi connectivity index (χ0v) is 13.8. The number of nitriles is 1. The van der Waals surface area contributed by atoms with Gasteiger partial charge in [-0.1, -0.05) is 0 Å². The SMILES string of the molecule is C[C@@H]1CN(c2ccc(C#N)c3ncccc23)C[C@@H]2CC(=O)CCN21. The van der Waals surface area contributed by atoms with E-state index in [0.29, 0.717) is 30.2 Å². The molecule has 4 rings (SSSR count). The monoisotopic (exact) mass is 320 g/mol. The molecule has 1 aromatic carbocycles. The van der Waals surface area contributed by atoms with Gasteiger partial charge in [0.2, 0.25) is 0 Å². The number of Topliss-reactive ketones (excluding diaryl/α,β-unsaturated/α-hetero) is 1. The number of hydrogen-bond donors (Lipinski definition) is 0. The van der Waals surface area contributed by atoms with Gasteiger partial charge in [-0.15, -0.1) is 0 Å². The summed E-state index contributed by atoms with van der Waals surface area (Å²) in [6.07, 6.45) is 3.06. The molecule has 5 heteroatoms. The Kier molecular flexibility index (Phi) is 3.70. The Balaban J connectivity index is 1.73. The fraction of sp³-hybridized carbons (Fsp3) is 0.421. The molecule has 5 nitrogen and oxygen atoms in total. The maximum atomic E-state index is 11.9. The molecule has 122 valence electrons. The van der Waals surface area contributed by atoms with Crippen molar-refractivity contribution in [2.75, 3.05) is 24.5 Å². The van der Waals surface area contributed by atoms with Gasteiger partial charge in [-0.3, -0.25) is 14.7 Å². The first-order chi connectivity index (χ1) is 11.7. The van der Waals surface area contributed by atoms with Crippen LogP contribution in [0.5, 0.6) is 0 Å². The summed E-state index contributed by atoms with van der Waals surface area (Å²) in [5, 5.41) is 10.3. The van der Waals surface area contributed by atoms with Crippen LogP contribution in [0.4, 0.5) is 5.69 Å². The van der Waals surface area contributed by atoms with E-state index in [2.05, 4.69) is 27.8 Å². The molecule has 2 aromatic rings. The highest BCUT2D eigenvalue weighted by Gasteiger charge is 2.36. The Bertz CT molecular complexity index is 841. The summed E-state index contributed by atoms with van der Waals surface area (Å²) in [7, 11) is 0. The van der Waals surface area contributed by atoms with Crippen LogP contribution in [0.15, 0.2) is 30.5 Å². The van der Waals surface area contributed by atoms with Gasteiger partial charge >= 0.3 is 0 Å². The van der Waals surface area contributed by atoms with Crippen molar-refractivity contribution in [1.82, 2.24) is 9.88 Å². The molecule has 0 bridgehead atoms. The van der Waals surface area contributed by atoms with E-state index in [0.717, 1.165) is 36.2 Å². The molecule has 0 spiro atoms. The van der Waals surface area contributed by atoms with E-state index in [1.807, 2.05) is 24.3 Å². The minimum absolute atomic E-state index is 0.289. The van der Waals surface area contributed by atoms with Gasteiger partial charge in [0.1, 0.15) is 11.9 Å². The van der Waals surface area contributed by atoms with Crippen LogP contribution in [-0.4, -0.2) is 47.4 Å². The Morgan fingerprint density at radius 2 is 2.17 bits per heavy atom. The summed E-state index contributed by atoms with van der Waals surface area (Å²) in [6, 6.07) is 10.8. The van der Waals surface area contributed by atoms with Crippen molar-refractivity contribution in [2.45, 2.75) is 31.8 Å². The van der Waals surface area contributed by atoms with E-state index < -0.39 is 0 Å². The number of anilines is 1. The van der Waals surface area contributed by atoms with Crippen LogP contribution in [0.3, 0.4) is 0 Å². The average molecular weight is 320 g/mol. The molecule has 0 saturated carbocycles. The first kappa shape index (κ1) is 15.1. The second kappa shape index (κ2) is 5.88. The fourth-order valence-corrected chi connectivity index (χ4v) is 4.14. The van der Waals surface area contributed by atoms with E-state index in [1.165, 1.54) is 0 Å². The van der Waals surface area contributed by atoms with Gasteiger partial charge in [-0.05, 0) is 31.2 Å². The number of carbonyl (C=O) groups is 1. The molecular weight excluding hydrogens is 300 g/mol. The zero-order valence-electron chi connectivity index (χ0n) is 13.8. The van der Waals surface area contributed by atoms with Crippen molar-refractivity contribution < 1.29 is 4.79 Å². The first-order valence-corrected chi connectivity index (χ1v) is 8.47. The van der Waals surface area contributed by atoms with Crippen molar-refractivity contribution >= 4 is 22.4 Å². The molecule has 0 amide bonds. The number of benzene rings is 1. The van der Waals surface area contributed by atoms with Crippen molar-refractivity contribution in [3.8, 4) is 6.07 Å². The summed E-state index contributed by atoms with van der Waals surface area (Å²) in [5.41, 5.74) is 2.47. The number of nitrogens with zero attached hydrogens (tertiary/aromatic N) is 4. The number of piperidine rings is 1. The van der Waals surface area contributed by atoms with Crippen LogP contribution < -0.4 is 4.90 Å². The molecule has 0 radical (unpaired) electrons. The van der Waals surface area contributed by atoms with Crippen LogP contribution >= 0.6 is 0 Å². The third kappa shape index (κ3) is 2.44. The molecule has 2 aliphatic rings. The number of piperazine rings is 1. The van der Waals surface area contributed by atoms with Gasteiger partial charge < -0.3 is 4.90 Å². The maximum absolute atomic E-state index is 11.9. The molecular formula is C19H20N4O. The summed E-state index contributed by atoms with van der Waals surface area (Å²) >= 11 is 0. The minimum Gasteiger partial charge on any atom is -0.368 e. The highest BCUT2D eigenvalue weighted by Crippen LogP contribution is 2.32. The summed E-state index contributed by atoms with van der Waals surface area (Å²) in [6.45, 7) is 4.90. The third-order valence-corrected chi connectivity index (χ3v) is 5.27. The molecule has 0 unspecified atom stereocenters. The lowest BCUT2D eigenvalue weighted by molar-refractivity contribution is -0.124. The normalized spacial score (nSPS) is 24.7. The number of carbonyl (C=O) groups excluding carboxylic acids is 1. The van der Waals surface area contributed by atoms with Crippen molar-refractivity contribution in [2.24, 2.45) is 0 Å². The predicted molar refractivity (Wildman–Crippen MR) is 92.9 cm³/mol. The van der Waals surface area contributed by atoms with Gasteiger partial charge in [0, 0.05) is 61.8 Å². The van der Waals surface area contributed by atoms with Crippen LogP contribution in [0.1, 0.15) is 25.3 Å². The molecule has 0 N–H and O–H groups in total. The average Bonchev–Trinajstić information content (AvgIpc) is 2.60.